The molecule has 0 aliphatic heterocycles. The van der Waals surface area contributed by atoms with E-state index >= 15 is 0 Å². The number of nitrogens with zero attached hydrogens (tertiary/aromatic N) is 1. The first-order valence-corrected chi connectivity index (χ1v) is 5.09. The number of H-pyrrole nitrogens is 1. The Hall–Kier alpha value is -1.00. The average molecular weight is 218 g/mol. The summed E-state index contributed by atoms with van der Waals surface area (Å²) in [5.41, 5.74) is 0.631. The predicted molar refractivity (Wildman–Crippen MR) is 49.3 cm³/mol. The number of rotatable bonds is 1. The molecule has 2 rings (SSSR count). The summed E-state index contributed by atoms with van der Waals surface area (Å²) in [7, 11) is 0. The minimum absolute atomic E-state index is 0.226. The van der Waals surface area contributed by atoms with E-state index in [0.29, 0.717) is 11.6 Å². The molecule has 1 aromatic heterocycles. The van der Waals surface area contributed by atoms with Gasteiger partial charge in [-0.2, -0.15) is 13.2 Å². The van der Waals surface area contributed by atoms with Crippen molar-refractivity contribution < 1.29 is 13.2 Å². The summed E-state index contributed by atoms with van der Waals surface area (Å²) in [6.07, 6.45) is -0.0286. The highest BCUT2D eigenvalue weighted by Gasteiger charge is 2.35. The standard InChI is InChI=1S/C10H13F3N2/c1-6-2-3-7(4-6)8-5-14-9(15-8)10(11,12)13/h5-7H,2-4H2,1H3,(H,14,15). The van der Waals surface area contributed by atoms with Crippen molar-refractivity contribution in [1.82, 2.24) is 9.97 Å². The fraction of sp³-hybridized carbons (Fsp3) is 0.700. The summed E-state index contributed by atoms with van der Waals surface area (Å²) in [5, 5.41) is 0. The lowest BCUT2D eigenvalue weighted by Gasteiger charge is -2.06. The van der Waals surface area contributed by atoms with Crippen molar-refractivity contribution in [2.75, 3.05) is 0 Å². The number of imidazole rings is 1. The number of nitrogens with one attached hydrogen (secondary N) is 1. The first-order valence-electron chi connectivity index (χ1n) is 5.09. The highest BCUT2D eigenvalue weighted by atomic mass is 19.4. The Labute approximate surface area is 85.9 Å². The average Bonchev–Trinajstić information content (AvgIpc) is 2.69. The largest absolute Gasteiger partial charge is 0.449 e. The van der Waals surface area contributed by atoms with Crippen molar-refractivity contribution >= 4 is 0 Å². The summed E-state index contributed by atoms with van der Waals surface area (Å²) in [6, 6.07) is 0. The van der Waals surface area contributed by atoms with Crippen molar-refractivity contribution in [3.05, 3.63) is 17.7 Å². The molecule has 1 aliphatic carbocycles. The smallest absolute Gasteiger partial charge is 0.338 e. The molecule has 0 saturated heterocycles. The Kier molecular flexibility index (Phi) is 2.48. The maximum Gasteiger partial charge on any atom is 0.449 e. The number of aromatic nitrogens is 2. The second-order valence-corrected chi connectivity index (χ2v) is 4.30. The number of alkyl halides is 3. The molecule has 2 atom stereocenters. The Morgan fingerprint density at radius 2 is 2.13 bits per heavy atom. The van der Waals surface area contributed by atoms with Crippen LogP contribution < -0.4 is 0 Å². The first-order chi connectivity index (χ1) is 6.97. The van der Waals surface area contributed by atoms with Gasteiger partial charge < -0.3 is 4.98 Å². The molecular formula is C10H13F3N2. The maximum absolute atomic E-state index is 12.3. The van der Waals surface area contributed by atoms with E-state index in [-0.39, 0.29) is 5.92 Å². The van der Waals surface area contributed by atoms with Gasteiger partial charge in [0.15, 0.2) is 0 Å². The van der Waals surface area contributed by atoms with E-state index in [2.05, 4.69) is 16.9 Å². The van der Waals surface area contributed by atoms with Gasteiger partial charge in [0.05, 0.1) is 0 Å². The van der Waals surface area contributed by atoms with Crippen LogP contribution in [0.15, 0.2) is 6.20 Å². The van der Waals surface area contributed by atoms with Gasteiger partial charge in [-0.05, 0) is 18.8 Å². The van der Waals surface area contributed by atoms with Crippen LogP contribution in [0, 0.1) is 5.92 Å². The molecule has 84 valence electrons. The van der Waals surface area contributed by atoms with Crippen LogP contribution in [0.5, 0.6) is 0 Å². The second-order valence-electron chi connectivity index (χ2n) is 4.30. The van der Waals surface area contributed by atoms with Crippen molar-refractivity contribution in [1.29, 1.82) is 0 Å². The van der Waals surface area contributed by atoms with Crippen LogP contribution in [0.2, 0.25) is 0 Å². The third kappa shape index (κ3) is 2.16. The van der Waals surface area contributed by atoms with Gasteiger partial charge in [0.25, 0.3) is 0 Å². The predicted octanol–water partition coefficient (Wildman–Crippen LogP) is 3.33. The Bertz CT molecular complexity index is 343. The lowest BCUT2D eigenvalue weighted by molar-refractivity contribution is -0.144. The summed E-state index contributed by atoms with van der Waals surface area (Å²) in [4.78, 5) is 5.76. The summed E-state index contributed by atoms with van der Waals surface area (Å²) < 4.78 is 36.8. The third-order valence-corrected chi connectivity index (χ3v) is 3.00. The Morgan fingerprint density at radius 1 is 1.40 bits per heavy atom. The molecule has 0 spiro atoms. The minimum Gasteiger partial charge on any atom is -0.338 e. The van der Waals surface area contributed by atoms with E-state index in [1.165, 1.54) is 6.20 Å². The molecule has 1 N–H and O–H groups in total. The molecule has 2 nitrogen and oxygen atoms in total. The minimum atomic E-state index is -4.36. The Morgan fingerprint density at radius 3 is 2.60 bits per heavy atom. The summed E-state index contributed by atoms with van der Waals surface area (Å²) in [5.74, 6) is -0.0479. The summed E-state index contributed by atoms with van der Waals surface area (Å²) >= 11 is 0. The molecule has 1 fully saturated rings. The Balaban J connectivity index is 2.14. The number of halogens is 3. The summed E-state index contributed by atoms with van der Waals surface area (Å²) in [6.45, 7) is 2.13. The van der Waals surface area contributed by atoms with Gasteiger partial charge in [-0.1, -0.05) is 13.3 Å². The lowest BCUT2D eigenvalue weighted by Crippen LogP contribution is -2.07. The quantitative estimate of drug-likeness (QED) is 0.769. The molecule has 1 saturated carbocycles. The molecule has 0 aromatic carbocycles. The van der Waals surface area contributed by atoms with Gasteiger partial charge in [-0.15, -0.1) is 0 Å². The SMILES string of the molecule is CC1CCC(c2cnc(C(F)(F)F)[nH]2)C1. The van der Waals surface area contributed by atoms with Gasteiger partial charge in [-0.25, -0.2) is 4.98 Å². The van der Waals surface area contributed by atoms with Crippen molar-refractivity contribution in [2.45, 2.75) is 38.3 Å². The van der Waals surface area contributed by atoms with Gasteiger partial charge in [0.1, 0.15) is 0 Å². The monoisotopic (exact) mass is 218 g/mol. The van der Waals surface area contributed by atoms with Crippen LogP contribution in [-0.4, -0.2) is 9.97 Å². The van der Waals surface area contributed by atoms with E-state index in [1.54, 1.807) is 0 Å². The van der Waals surface area contributed by atoms with Crippen LogP contribution in [0.25, 0.3) is 0 Å². The van der Waals surface area contributed by atoms with Crippen molar-refractivity contribution in [3.63, 3.8) is 0 Å². The fourth-order valence-electron chi connectivity index (χ4n) is 2.18. The van der Waals surface area contributed by atoms with Gasteiger partial charge in [-0.3, -0.25) is 0 Å². The lowest BCUT2D eigenvalue weighted by atomic mass is 10.0. The highest BCUT2D eigenvalue weighted by molar-refractivity contribution is 5.11. The maximum atomic E-state index is 12.3. The van der Waals surface area contributed by atoms with E-state index in [9.17, 15) is 13.2 Å². The molecule has 1 aliphatic rings. The molecule has 0 bridgehead atoms. The molecule has 5 heteroatoms. The normalized spacial score (nSPS) is 27.2. The fourth-order valence-corrected chi connectivity index (χ4v) is 2.18. The van der Waals surface area contributed by atoms with Crippen molar-refractivity contribution in [2.24, 2.45) is 5.92 Å². The molecule has 0 radical (unpaired) electrons. The van der Waals surface area contributed by atoms with E-state index in [0.717, 1.165) is 19.3 Å². The molecule has 1 heterocycles. The number of hydrogen-bond acceptors (Lipinski definition) is 1. The van der Waals surface area contributed by atoms with Crippen molar-refractivity contribution in [3.8, 4) is 0 Å². The zero-order chi connectivity index (χ0) is 11.1. The van der Waals surface area contributed by atoms with Gasteiger partial charge in [0.2, 0.25) is 5.82 Å². The zero-order valence-corrected chi connectivity index (χ0v) is 8.43. The number of hydrogen-bond donors (Lipinski definition) is 1. The zero-order valence-electron chi connectivity index (χ0n) is 8.43. The highest BCUT2D eigenvalue weighted by Crippen LogP contribution is 2.38. The molecule has 0 amide bonds. The van der Waals surface area contributed by atoms with E-state index in [4.69, 9.17) is 0 Å². The molecule has 15 heavy (non-hydrogen) atoms. The van der Waals surface area contributed by atoms with Crippen LogP contribution in [0.1, 0.15) is 43.6 Å². The van der Waals surface area contributed by atoms with Crippen LogP contribution >= 0.6 is 0 Å². The molecule has 2 unspecified atom stereocenters. The van der Waals surface area contributed by atoms with Gasteiger partial charge in [0, 0.05) is 17.8 Å². The molecular weight excluding hydrogens is 205 g/mol. The van der Waals surface area contributed by atoms with Crippen LogP contribution in [-0.2, 0) is 6.18 Å². The topological polar surface area (TPSA) is 28.7 Å². The van der Waals surface area contributed by atoms with E-state index < -0.39 is 12.0 Å². The third-order valence-electron chi connectivity index (χ3n) is 3.00. The van der Waals surface area contributed by atoms with Crippen LogP contribution in [0.3, 0.4) is 0 Å². The molecule has 1 aromatic rings. The number of aromatic amines is 1. The van der Waals surface area contributed by atoms with Gasteiger partial charge >= 0.3 is 6.18 Å². The first kappa shape index (κ1) is 10.5. The van der Waals surface area contributed by atoms with Crippen LogP contribution in [0.4, 0.5) is 13.2 Å². The second kappa shape index (κ2) is 3.54. The van der Waals surface area contributed by atoms with E-state index in [1.807, 2.05) is 0 Å².